The lowest BCUT2D eigenvalue weighted by Gasteiger charge is -2.38. The standard InChI is InChI=1S/C29H34N4O10S2/c30-27(35)19-44(38,39)24-6-3-5-23(13-24)42-18-22(34)16-33(28(36)37)21-14-29(43-17-21)8-10-32(11-9-29)45(40,41)25-12-20-4-1-2-7-26(20)31-15-25/h1-7,12-13,15,21-22,34H,8-11,14,16-19H2,(H2,30,35)(H,36,37)/t21-,22+/m1/s1. The van der Waals surface area contributed by atoms with Crippen molar-refractivity contribution in [2.75, 3.05) is 38.6 Å². The first-order valence-electron chi connectivity index (χ1n) is 14.2. The number of nitrogens with zero attached hydrogens (tertiary/aromatic N) is 3. The number of hydrogen-bond acceptors (Lipinski definition) is 10. The predicted octanol–water partition coefficient (Wildman–Crippen LogP) is 1.23. The third kappa shape index (κ3) is 7.36. The van der Waals surface area contributed by atoms with Crippen LogP contribution in [0, 0.1) is 0 Å². The van der Waals surface area contributed by atoms with Crippen molar-refractivity contribution in [3.63, 3.8) is 0 Å². The van der Waals surface area contributed by atoms with E-state index in [1.54, 1.807) is 18.2 Å². The van der Waals surface area contributed by atoms with Gasteiger partial charge in [0.05, 0.1) is 35.2 Å². The number of sulfonamides is 1. The fraction of sp³-hybridized carbons (Fsp3) is 0.414. The van der Waals surface area contributed by atoms with Crippen molar-refractivity contribution in [2.24, 2.45) is 5.73 Å². The van der Waals surface area contributed by atoms with Crippen molar-refractivity contribution >= 4 is 42.8 Å². The molecule has 2 amide bonds. The van der Waals surface area contributed by atoms with Gasteiger partial charge < -0.3 is 30.3 Å². The summed E-state index contributed by atoms with van der Waals surface area (Å²) in [6.45, 7) is -0.160. The zero-order chi connectivity index (χ0) is 32.4. The third-order valence-electron chi connectivity index (χ3n) is 8.06. The minimum absolute atomic E-state index is 0.0843. The smallest absolute Gasteiger partial charge is 0.407 e. The summed E-state index contributed by atoms with van der Waals surface area (Å²) >= 11 is 0. The molecule has 5 rings (SSSR count). The maximum absolute atomic E-state index is 13.4. The Kier molecular flexibility index (Phi) is 9.32. The summed E-state index contributed by atoms with van der Waals surface area (Å²) < 4.78 is 64.3. The van der Waals surface area contributed by atoms with Crippen LogP contribution in [0.3, 0.4) is 0 Å². The summed E-state index contributed by atoms with van der Waals surface area (Å²) in [5.41, 5.74) is 5.00. The number of hydrogen-bond donors (Lipinski definition) is 3. The lowest BCUT2D eigenvalue weighted by atomic mass is 9.88. The van der Waals surface area contributed by atoms with E-state index in [0.717, 1.165) is 10.3 Å². The first-order chi connectivity index (χ1) is 21.3. The predicted molar refractivity (Wildman–Crippen MR) is 161 cm³/mol. The van der Waals surface area contributed by atoms with Crippen LogP contribution in [0.2, 0.25) is 0 Å². The molecule has 1 aromatic heterocycles. The number of sulfone groups is 1. The summed E-state index contributed by atoms with van der Waals surface area (Å²) in [6.07, 6.45) is -0.0884. The molecule has 14 nitrogen and oxygen atoms in total. The van der Waals surface area contributed by atoms with Gasteiger partial charge in [-0.2, -0.15) is 4.31 Å². The fourth-order valence-electron chi connectivity index (χ4n) is 5.73. The number of pyridine rings is 1. The molecule has 45 heavy (non-hydrogen) atoms. The van der Waals surface area contributed by atoms with Gasteiger partial charge in [-0.05, 0) is 49.6 Å². The number of carbonyl (C=O) groups excluding carboxylic acids is 1. The highest BCUT2D eigenvalue weighted by molar-refractivity contribution is 7.92. The zero-order valence-corrected chi connectivity index (χ0v) is 25.8. The van der Waals surface area contributed by atoms with Crippen molar-refractivity contribution in [3.05, 3.63) is 60.8 Å². The number of piperidine rings is 1. The molecular formula is C29H34N4O10S2. The van der Waals surface area contributed by atoms with E-state index in [-0.39, 0.29) is 48.4 Å². The summed E-state index contributed by atoms with van der Waals surface area (Å²) in [4.78, 5) is 28.5. The third-order valence-corrected chi connectivity index (χ3v) is 11.6. The Morgan fingerprint density at radius 1 is 1.09 bits per heavy atom. The van der Waals surface area contributed by atoms with Gasteiger partial charge in [0, 0.05) is 24.7 Å². The monoisotopic (exact) mass is 662 g/mol. The van der Waals surface area contributed by atoms with E-state index in [2.05, 4.69) is 4.98 Å². The molecule has 1 spiro atoms. The number of carboxylic acid groups (broad SMARTS) is 1. The normalized spacial score (nSPS) is 19.4. The molecule has 0 radical (unpaired) electrons. The average molecular weight is 663 g/mol. The number of rotatable bonds is 11. The van der Waals surface area contributed by atoms with Gasteiger partial charge in [0.2, 0.25) is 15.9 Å². The summed E-state index contributed by atoms with van der Waals surface area (Å²) in [7, 11) is -7.76. The maximum Gasteiger partial charge on any atom is 0.407 e. The van der Waals surface area contributed by atoms with E-state index in [9.17, 15) is 36.6 Å². The van der Waals surface area contributed by atoms with Gasteiger partial charge in [-0.25, -0.2) is 21.6 Å². The molecule has 3 heterocycles. The van der Waals surface area contributed by atoms with Crippen molar-refractivity contribution < 1.29 is 46.1 Å². The highest BCUT2D eigenvalue weighted by Gasteiger charge is 2.47. The van der Waals surface area contributed by atoms with Crippen LogP contribution in [-0.2, 0) is 29.4 Å². The Balaban J connectivity index is 1.17. The maximum atomic E-state index is 13.4. The fourth-order valence-corrected chi connectivity index (χ4v) is 8.27. The molecule has 16 heteroatoms. The molecule has 4 N–H and O–H groups in total. The minimum Gasteiger partial charge on any atom is -0.491 e. The number of primary amides is 1. The summed E-state index contributed by atoms with van der Waals surface area (Å²) in [5.74, 6) is -1.77. The van der Waals surface area contributed by atoms with E-state index in [4.69, 9.17) is 15.2 Å². The molecule has 0 saturated carbocycles. The zero-order valence-electron chi connectivity index (χ0n) is 24.2. The van der Waals surface area contributed by atoms with Crippen molar-refractivity contribution in [2.45, 2.75) is 46.8 Å². The van der Waals surface area contributed by atoms with E-state index >= 15 is 0 Å². The van der Waals surface area contributed by atoms with Crippen LogP contribution in [0.15, 0.2) is 70.6 Å². The number of aliphatic hydroxyl groups excluding tert-OH is 1. The second-order valence-electron chi connectivity index (χ2n) is 11.2. The molecule has 0 unspecified atom stereocenters. The molecule has 2 atom stereocenters. The number of fused-ring (bicyclic) bond motifs is 1. The Morgan fingerprint density at radius 3 is 2.53 bits per heavy atom. The van der Waals surface area contributed by atoms with Gasteiger partial charge in [-0.3, -0.25) is 9.78 Å². The highest BCUT2D eigenvalue weighted by Crippen LogP contribution is 2.39. The molecule has 3 aromatic rings. The van der Waals surface area contributed by atoms with Crippen LogP contribution in [0.5, 0.6) is 5.75 Å². The largest absolute Gasteiger partial charge is 0.491 e. The molecule has 242 valence electrons. The van der Waals surface area contributed by atoms with Gasteiger partial charge in [0.1, 0.15) is 29.1 Å². The van der Waals surface area contributed by atoms with Gasteiger partial charge in [0.25, 0.3) is 0 Å². The molecule has 2 aromatic carbocycles. The molecule has 2 aliphatic heterocycles. The quantitative estimate of drug-likeness (QED) is 0.266. The SMILES string of the molecule is NC(=O)CS(=O)(=O)c1cccc(OC[C@@H](O)CN(C(=O)O)[C@H]2COC3(CCN(S(=O)(=O)c4cnc5ccccc5c4)CC3)C2)c1. The van der Waals surface area contributed by atoms with Crippen LogP contribution in [0.1, 0.15) is 19.3 Å². The van der Waals surface area contributed by atoms with E-state index in [1.165, 1.54) is 34.8 Å². The Labute approximate surface area is 260 Å². The average Bonchev–Trinajstić information content (AvgIpc) is 3.40. The number of nitrogens with two attached hydrogens (primary N) is 1. The van der Waals surface area contributed by atoms with Crippen molar-refractivity contribution in [3.8, 4) is 5.75 Å². The Bertz CT molecular complexity index is 1790. The van der Waals surface area contributed by atoms with Crippen LogP contribution >= 0.6 is 0 Å². The van der Waals surface area contributed by atoms with Gasteiger partial charge in [0.15, 0.2) is 9.84 Å². The summed E-state index contributed by atoms with van der Waals surface area (Å²) in [5, 5.41) is 21.3. The number of para-hydroxylation sites is 1. The number of aromatic nitrogens is 1. The summed E-state index contributed by atoms with van der Waals surface area (Å²) in [6, 6.07) is 13.6. The molecule has 0 bridgehead atoms. The number of aliphatic hydroxyl groups is 1. The molecule has 2 fully saturated rings. The van der Waals surface area contributed by atoms with Crippen LogP contribution in [0.4, 0.5) is 4.79 Å². The highest BCUT2D eigenvalue weighted by atomic mass is 32.2. The number of amides is 2. The number of ether oxygens (including phenoxy) is 2. The van der Waals surface area contributed by atoms with Gasteiger partial charge >= 0.3 is 6.09 Å². The van der Waals surface area contributed by atoms with Crippen molar-refractivity contribution in [1.82, 2.24) is 14.2 Å². The lowest BCUT2D eigenvalue weighted by molar-refractivity contribution is -0.115. The second-order valence-corrected chi connectivity index (χ2v) is 15.1. The first kappa shape index (κ1) is 32.6. The molecular weight excluding hydrogens is 628 g/mol. The minimum atomic E-state index is -3.97. The lowest BCUT2D eigenvalue weighted by Crippen LogP contribution is -2.48. The van der Waals surface area contributed by atoms with Crippen molar-refractivity contribution in [1.29, 1.82) is 0 Å². The van der Waals surface area contributed by atoms with Crippen LogP contribution < -0.4 is 10.5 Å². The van der Waals surface area contributed by atoms with E-state index in [0.29, 0.717) is 24.8 Å². The van der Waals surface area contributed by atoms with Gasteiger partial charge in [-0.1, -0.05) is 24.3 Å². The van der Waals surface area contributed by atoms with Crippen LogP contribution in [0.25, 0.3) is 10.9 Å². The Hall–Kier alpha value is -3.83. The second kappa shape index (κ2) is 12.9. The number of benzene rings is 2. The molecule has 2 saturated heterocycles. The Morgan fingerprint density at radius 2 is 1.82 bits per heavy atom. The van der Waals surface area contributed by atoms with E-state index < -0.39 is 55.4 Å². The molecule has 2 aliphatic rings. The van der Waals surface area contributed by atoms with Crippen LogP contribution in [-0.4, -0.2) is 110 Å². The van der Waals surface area contributed by atoms with E-state index in [1.807, 2.05) is 12.1 Å². The topological polar surface area (TPSA) is 207 Å². The number of carbonyl (C=O) groups is 2. The molecule has 0 aliphatic carbocycles. The first-order valence-corrected chi connectivity index (χ1v) is 17.3. The van der Waals surface area contributed by atoms with Gasteiger partial charge in [-0.15, -0.1) is 0 Å².